The van der Waals surface area contributed by atoms with Crippen LogP contribution in [0.25, 0.3) is 0 Å². The van der Waals surface area contributed by atoms with Gasteiger partial charge in [0.05, 0.1) is 11.4 Å². The van der Waals surface area contributed by atoms with Gasteiger partial charge in [-0.05, 0) is 37.1 Å². The molecule has 25 heavy (non-hydrogen) atoms. The number of nitrogens with zero attached hydrogens (tertiary/aromatic N) is 2. The number of anilines is 2. The SMILES string of the molecule is NC1CCN(C(=O)CCN2c3ccccc3Sc3ccccc32)CC1. The first-order valence-electron chi connectivity index (χ1n) is 8.89. The number of para-hydroxylation sites is 2. The minimum Gasteiger partial charge on any atom is -0.343 e. The molecule has 2 heterocycles. The summed E-state index contributed by atoms with van der Waals surface area (Å²) in [6, 6.07) is 17.1. The van der Waals surface area contributed by atoms with Crippen LogP contribution in [0.15, 0.2) is 58.3 Å². The molecule has 4 nitrogen and oxygen atoms in total. The standard InChI is InChI=1S/C20H23N3OS/c21-15-9-12-22(13-10-15)20(24)11-14-23-16-5-1-3-7-18(16)25-19-8-4-2-6-17(19)23/h1-8,15H,9-14,21H2. The van der Waals surface area contributed by atoms with Gasteiger partial charge in [-0.2, -0.15) is 0 Å². The molecule has 2 N–H and O–H groups in total. The predicted octanol–water partition coefficient (Wildman–Crippen LogP) is 3.63. The van der Waals surface area contributed by atoms with E-state index in [1.165, 1.54) is 21.2 Å². The first-order chi connectivity index (χ1) is 12.2. The predicted molar refractivity (Wildman–Crippen MR) is 102 cm³/mol. The summed E-state index contributed by atoms with van der Waals surface area (Å²) in [5.41, 5.74) is 8.33. The number of benzene rings is 2. The molecule has 0 spiro atoms. The Hall–Kier alpha value is -1.98. The molecule has 0 atom stereocenters. The highest BCUT2D eigenvalue weighted by atomic mass is 32.2. The van der Waals surface area contributed by atoms with E-state index in [9.17, 15) is 4.79 Å². The van der Waals surface area contributed by atoms with E-state index in [2.05, 4.69) is 53.4 Å². The minimum atomic E-state index is 0.236. The highest BCUT2D eigenvalue weighted by molar-refractivity contribution is 7.99. The lowest BCUT2D eigenvalue weighted by Crippen LogP contribution is -2.43. The third-order valence-electron chi connectivity index (χ3n) is 4.97. The molecule has 0 aromatic heterocycles. The van der Waals surface area contributed by atoms with Crippen molar-refractivity contribution in [1.29, 1.82) is 0 Å². The summed E-state index contributed by atoms with van der Waals surface area (Å²) in [6.45, 7) is 2.29. The molecule has 0 radical (unpaired) electrons. The van der Waals surface area contributed by atoms with E-state index < -0.39 is 0 Å². The van der Waals surface area contributed by atoms with Crippen molar-refractivity contribution >= 4 is 29.0 Å². The summed E-state index contributed by atoms with van der Waals surface area (Å²) in [5, 5.41) is 0. The van der Waals surface area contributed by atoms with E-state index in [4.69, 9.17) is 5.73 Å². The maximum Gasteiger partial charge on any atom is 0.224 e. The van der Waals surface area contributed by atoms with Gasteiger partial charge in [0.15, 0.2) is 0 Å². The average molecular weight is 353 g/mol. The summed E-state index contributed by atoms with van der Waals surface area (Å²) in [5.74, 6) is 0.236. The monoisotopic (exact) mass is 353 g/mol. The highest BCUT2D eigenvalue weighted by Crippen LogP contribution is 2.47. The van der Waals surface area contributed by atoms with Crippen molar-refractivity contribution < 1.29 is 4.79 Å². The summed E-state index contributed by atoms with van der Waals surface area (Å²) in [7, 11) is 0. The van der Waals surface area contributed by atoms with Crippen molar-refractivity contribution in [2.75, 3.05) is 24.5 Å². The quantitative estimate of drug-likeness (QED) is 0.915. The summed E-state index contributed by atoms with van der Waals surface area (Å²) in [4.78, 5) is 19.4. The van der Waals surface area contributed by atoms with Gasteiger partial charge in [-0.15, -0.1) is 0 Å². The van der Waals surface area contributed by atoms with Crippen LogP contribution in [-0.2, 0) is 4.79 Å². The van der Waals surface area contributed by atoms with E-state index in [-0.39, 0.29) is 11.9 Å². The smallest absolute Gasteiger partial charge is 0.224 e. The van der Waals surface area contributed by atoms with Crippen LogP contribution in [0, 0.1) is 0 Å². The Balaban J connectivity index is 1.51. The minimum absolute atomic E-state index is 0.236. The van der Waals surface area contributed by atoms with Crippen molar-refractivity contribution in [3.63, 3.8) is 0 Å². The molecule has 0 unspecified atom stereocenters. The van der Waals surface area contributed by atoms with Crippen molar-refractivity contribution in [3.05, 3.63) is 48.5 Å². The summed E-state index contributed by atoms with van der Waals surface area (Å²) in [6.07, 6.45) is 2.36. The lowest BCUT2D eigenvalue weighted by molar-refractivity contribution is -0.131. The fourth-order valence-corrected chi connectivity index (χ4v) is 4.63. The Morgan fingerprint density at radius 1 is 1.00 bits per heavy atom. The van der Waals surface area contributed by atoms with Crippen LogP contribution < -0.4 is 10.6 Å². The fourth-order valence-electron chi connectivity index (χ4n) is 3.54. The molecule has 5 heteroatoms. The molecule has 2 aliphatic rings. The Bertz CT molecular complexity index is 726. The number of amides is 1. The maximum atomic E-state index is 12.6. The summed E-state index contributed by atoms with van der Waals surface area (Å²) >= 11 is 1.80. The number of carbonyl (C=O) groups excluding carboxylic acids is 1. The Morgan fingerprint density at radius 3 is 2.16 bits per heavy atom. The molecule has 2 aromatic carbocycles. The second-order valence-corrected chi connectivity index (χ2v) is 7.74. The normalized spacial score (nSPS) is 17.2. The first-order valence-corrected chi connectivity index (χ1v) is 9.71. The zero-order valence-electron chi connectivity index (χ0n) is 14.2. The highest BCUT2D eigenvalue weighted by Gasteiger charge is 2.25. The van der Waals surface area contributed by atoms with Crippen LogP contribution in [0.5, 0.6) is 0 Å². The van der Waals surface area contributed by atoms with Gasteiger partial charge in [-0.3, -0.25) is 4.79 Å². The zero-order chi connectivity index (χ0) is 17.2. The van der Waals surface area contributed by atoms with E-state index in [1.54, 1.807) is 11.8 Å². The van der Waals surface area contributed by atoms with Gasteiger partial charge in [0, 0.05) is 41.9 Å². The van der Waals surface area contributed by atoms with Crippen LogP contribution in [-0.4, -0.2) is 36.5 Å². The van der Waals surface area contributed by atoms with Crippen molar-refractivity contribution in [2.24, 2.45) is 5.73 Å². The maximum absolute atomic E-state index is 12.6. The molecule has 2 aromatic rings. The van der Waals surface area contributed by atoms with Crippen molar-refractivity contribution in [1.82, 2.24) is 4.90 Å². The summed E-state index contributed by atoms with van der Waals surface area (Å²) < 4.78 is 0. The van der Waals surface area contributed by atoms with E-state index in [1.807, 2.05) is 4.90 Å². The number of likely N-dealkylation sites (tertiary alicyclic amines) is 1. The molecule has 1 fully saturated rings. The van der Waals surface area contributed by atoms with E-state index in [0.29, 0.717) is 13.0 Å². The lowest BCUT2D eigenvalue weighted by Gasteiger charge is -2.34. The van der Waals surface area contributed by atoms with Gasteiger partial charge in [0.1, 0.15) is 0 Å². The molecular formula is C20H23N3OS. The lowest BCUT2D eigenvalue weighted by atomic mass is 10.1. The molecular weight excluding hydrogens is 330 g/mol. The topological polar surface area (TPSA) is 49.6 Å². The van der Waals surface area contributed by atoms with E-state index >= 15 is 0 Å². The third-order valence-corrected chi connectivity index (χ3v) is 6.10. The molecule has 1 amide bonds. The van der Waals surface area contributed by atoms with Crippen LogP contribution >= 0.6 is 11.8 Å². The fraction of sp³-hybridized carbons (Fsp3) is 0.350. The van der Waals surface area contributed by atoms with Gasteiger partial charge in [-0.1, -0.05) is 36.0 Å². The van der Waals surface area contributed by atoms with Gasteiger partial charge in [0.25, 0.3) is 0 Å². The van der Waals surface area contributed by atoms with Crippen LogP contribution in [0.1, 0.15) is 19.3 Å². The van der Waals surface area contributed by atoms with Gasteiger partial charge in [0.2, 0.25) is 5.91 Å². The second kappa shape index (κ2) is 7.10. The van der Waals surface area contributed by atoms with Crippen molar-refractivity contribution in [2.45, 2.75) is 35.1 Å². The van der Waals surface area contributed by atoms with Crippen LogP contribution in [0.2, 0.25) is 0 Å². The molecule has 4 rings (SSSR count). The molecule has 0 aliphatic carbocycles. The van der Waals surface area contributed by atoms with Gasteiger partial charge in [-0.25, -0.2) is 0 Å². The van der Waals surface area contributed by atoms with Gasteiger partial charge >= 0.3 is 0 Å². The first kappa shape index (κ1) is 16.5. The molecule has 2 aliphatic heterocycles. The number of piperidine rings is 1. The van der Waals surface area contributed by atoms with Crippen LogP contribution in [0.4, 0.5) is 11.4 Å². The second-order valence-electron chi connectivity index (χ2n) is 6.66. The van der Waals surface area contributed by atoms with Crippen molar-refractivity contribution in [3.8, 4) is 0 Å². The number of carbonyl (C=O) groups is 1. The van der Waals surface area contributed by atoms with E-state index in [0.717, 1.165) is 25.9 Å². The number of hydrogen-bond donors (Lipinski definition) is 1. The molecule has 130 valence electrons. The number of nitrogens with two attached hydrogens (primary N) is 1. The Morgan fingerprint density at radius 2 is 1.56 bits per heavy atom. The average Bonchev–Trinajstić information content (AvgIpc) is 2.65. The Labute approximate surface area is 153 Å². The number of hydrogen-bond acceptors (Lipinski definition) is 4. The van der Waals surface area contributed by atoms with Crippen LogP contribution in [0.3, 0.4) is 0 Å². The molecule has 0 saturated carbocycles. The largest absolute Gasteiger partial charge is 0.343 e. The molecule has 1 saturated heterocycles. The number of fused-ring (bicyclic) bond motifs is 2. The number of rotatable bonds is 3. The van der Waals surface area contributed by atoms with Gasteiger partial charge < -0.3 is 15.5 Å². The Kier molecular flexibility index (Phi) is 4.68. The molecule has 0 bridgehead atoms. The third kappa shape index (κ3) is 3.39. The zero-order valence-corrected chi connectivity index (χ0v) is 15.0.